The Bertz CT molecular complexity index is 641. The van der Waals surface area contributed by atoms with Gasteiger partial charge in [0.15, 0.2) is 5.96 Å². The van der Waals surface area contributed by atoms with Gasteiger partial charge in [-0.15, -0.1) is 24.0 Å². The van der Waals surface area contributed by atoms with Crippen molar-refractivity contribution in [3.63, 3.8) is 0 Å². The van der Waals surface area contributed by atoms with Gasteiger partial charge in [-0.1, -0.05) is 13.8 Å². The zero-order valence-electron chi connectivity index (χ0n) is 16.7. The van der Waals surface area contributed by atoms with E-state index in [1.165, 1.54) is 6.07 Å². The number of rotatable bonds is 6. The second-order valence-electron chi connectivity index (χ2n) is 7.44. The molecule has 160 valence electrons. The van der Waals surface area contributed by atoms with Gasteiger partial charge >= 0.3 is 6.18 Å². The van der Waals surface area contributed by atoms with E-state index in [1.54, 1.807) is 6.07 Å². The van der Waals surface area contributed by atoms with Crippen molar-refractivity contribution in [3.8, 4) is 0 Å². The Morgan fingerprint density at radius 1 is 1.21 bits per heavy atom. The number of anilines is 1. The fraction of sp³-hybridized carbons (Fsp3) is 0.632. The minimum absolute atomic E-state index is 0. The average molecular weight is 513 g/mol. The van der Waals surface area contributed by atoms with Crippen molar-refractivity contribution in [1.82, 2.24) is 10.2 Å². The lowest BCUT2D eigenvalue weighted by Crippen LogP contribution is -2.44. The molecular weight excluding hydrogens is 482 g/mol. The fourth-order valence-corrected chi connectivity index (χ4v) is 2.96. The van der Waals surface area contributed by atoms with E-state index in [1.807, 2.05) is 7.05 Å². The van der Waals surface area contributed by atoms with Gasteiger partial charge in [0.05, 0.1) is 12.1 Å². The molecule has 3 N–H and O–H groups in total. The van der Waals surface area contributed by atoms with Crippen molar-refractivity contribution < 1.29 is 13.2 Å². The third kappa shape index (κ3) is 7.65. The molecule has 0 aromatic heterocycles. The van der Waals surface area contributed by atoms with Gasteiger partial charge in [0.25, 0.3) is 0 Å². The monoisotopic (exact) mass is 513 g/mol. The van der Waals surface area contributed by atoms with Crippen LogP contribution in [0.15, 0.2) is 23.2 Å². The third-order valence-corrected chi connectivity index (χ3v) is 4.70. The Balaban J connectivity index is 0.00000392. The van der Waals surface area contributed by atoms with Crippen molar-refractivity contribution in [2.75, 3.05) is 44.7 Å². The Labute approximate surface area is 182 Å². The number of benzene rings is 1. The van der Waals surface area contributed by atoms with Crippen LogP contribution >= 0.6 is 24.0 Å². The fourth-order valence-electron chi connectivity index (χ4n) is 2.96. The van der Waals surface area contributed by atoms with Gasteiger partial charge in [-0.05, 0) is 43.1 Å². The molecule has 1 aliphatic rings. The molecule has 0 spiro atoms. The van der Waals surface area contributed by atoms with Crippen molar-refractivity contribution in [3.05, 3.63) is 29.3 Å². The molecule has 0 bridgehead atoms. The molecule has 0 unspecified atom stereocenters. The number of nitrogens with two attached hydrogens (primary N) is 1. The highest BCUT2D eigenvalue weighted by molar-refractivity contribution is 14.0. The van der Waals surface area contributed by atoms with Crippen LogP contribution in [0.3, 0.4) is 0 Å². The summed E-state index contributed by atoms with van der Waals surface area (Å²) in [5, 5.41) is 3.02. The maximum atomic E-state index is 13.1. The molecule has 1 aliphatic heterocycles. The van der Waals surface area contributed by atoms with Crippen molar-refractivity contribution in [2.45, 2.75) is 33.0 Å². The van der Waals surface area contributed by atoms with E-state index >= 15 is 0 Å². The Morgan fingerprint density at radius 2 is 1.86 bits per heavy atom. The summed E-state index contributed by atoms with van der Waals surface area (Å²) in [5.41, 5.74) is 6.56. The molecule has 5 nitrogen and oxygen atoms in total. The number of nitrogens with one attached hydrogen (secondary N) is 1. The highest BCUT2D eigenvalue weighted by Gasteiger charge is 2.31. The van der Waals surface area contributed by atoms with Crippen LogP contribution in [0.25, 0.3) is 0 Å². The molecule has 0 saturated carbocycles. The standard InChI is InChI=1S/C19H30F3N5.HI/c1-14(2)6-7-24-18(23)25-13-15-12-16(19(20,21)22)4-5-17(15)27-10-8-26(3)9-11-27;/h4-5,12,14H,6-11,13H2,1-3H3,(H3,23,24,25);1H. The first-order valence-electron chi connectivity index (χ1n) is 9.34. The lowest BCUT2D eigenvalue weighted by atomic mass is 10.1. The van der Waals surface area contributed by atoms with E-state index in [0.717, 1.165) is 44.4 Å². The summed E-state index contributed by atoms with van der Waals surface area (Å²) in [6.45, 7) is 8.35. The number of piperazine rings is 1. The number of alkyl halides is 3. The maximum absolute atomic E-state index is 13.1. The molecule has 1 aromatic carbocycles. The molecule has 1 heterocycles. The van der Waals surface area contributed by atoms with Crippen LogP contribution in [-0.4, -0.2) is 50.6 Å². The van der Waals surface area contributed by atoms with Gasteiger partial charge in [0, 0.05) is 38.4 Å². The second-order valence-corrected chi connectivity index (χ2v) is 7.44. The largest absolute Gasteiger partial charge is 0.416 e. The minimum Gasteiger partial charge on any atom is -0.370 e. The number of nitrogens with zero attached hydrogens (tertiary/aromatic N) is 3. The summed E-state index contributed by atoms with van der Waals surface area (Å²) in [5.74, 6) is 0.801. The molecule has 1 saturated heterocycles. The van der Waals surface area contributed by atoms with Crippen molar-refractivity contribution >= 4 is 35.6 Å². The quantitative estimate of drug-likeness (QED) is 0.348. The van der Waals surface area contributed by atoms with Crippen LogP contribution in [0, 0.1) is 5.92 Å². The molecule has 0 radical (unpaired) electrons. The maximum Gasteiger partial charge on any atom is 0.416 e. The predicted molar refractivity (Wildman–Crippen MR) is 119 cm³/mol. The van der Waals surface area contributed by atoms with Crippen LogP contribution in [-0.2, 0) is 12.7 Å². The number of likely N-dealkylation sites (N-methyl/N-ethyl adjacent to an activating group) is 1. The highest BCUT2D eigenvalue weighted by Crippen LogP contribution is 2.33. The first-order chi connectivity index (χ1) is 12.7. The van der Waals surface area contributed by atoms with Crippen LogP contribution in [0.1, 0.15) is 31.4 Å². The molecule has 0 amide bonds. The van der Waals surface area contributed by atoms with Crippen LogP contribution in [0.2, 0.25) is 0 Å². The summed E-state index contributed by atoms with van der Waals surface area (Å²) in [6.07, 6.45) is -3.42. The predicted octanol–water partition coefficient (Wildman–Crippen LogP) is 3.53. The number of guanidine groups is 1. The van der Waals surface area contributed by atoms with E-state index in [4.69, 9.17) is 5.73 Å². The van der Waals surface area contributed by atoms with Gasteiger partial charge in [0.1, 0.15) is 0 Å². The van der Waals surface area contributed by atoms with E-state index in [9.17, 15) is 13.2 Å². The highest BCUT2D eigenvalue weighted by atomic mass is 127. The van der Waals surface area contributed by atoms with Gasteiger partial charge in [0.2, 0.25) is 0 Å². The number of aliphatic imine (C=N–C) groups is 1. The SMILES string of the molecule is CC(C)CCNC(N)=NCc1cc(C(F)(F)F)ccc1N1CCN(C)CC1.I. The molecule has 28 heavy (non-hydrogen) atoms. The molecule has 2 rings (SSSR count). The minimum atomic E-state index is -4.37. The summed E-state index contributed by atoms with van der Waals surface area (Å²) in [7, 11) is 2.04. The zero-order chi connectivity index (χ0) is 20.0. The van der Waals surface area contributed by atoms with Gasteiger partial charge in [-0.3, -0.25) is 0 Å². The lowest BCUT2D eigenvalue weighted by Gasteiger charge is -2.35. The smallest absolute Gasteiger partial charge is 0.370 e. The zero-order valence-corrected chi connectivity index (χ0v) is 19.1. The normalized spacial score (nSPS) is 16.2. The van der Waals surface area contributed by atoms with Crippen LogP contribution < -0.4 is 16.0 Å². The topological polar surface area (TPSA) is 56.9 Å². The van der Waals surface area contributed by atoms with E-state index in [2.05, 4.69) is 34.0 Å². The first kappa shape index (κ1) is 24.8. The summed E-state index contributed by atoms with van der Waals surface area (Å²) in [6, 6.07) is 3.89. The molecule has 9 heteroatoms. The summed E-state index contributed by atoms with van der Waals surface area (Å²) < 4.78 is 39.4. The van der Waals surface area contributed by atoms with E-state index in [-0.39, 0.29) is 36.5 Å². The first-order valence-corrected chi connectivity index (χ1v) is 9.34. The average Bonchev–Trinajstić information content (AvgIpc) is 2.59. The summed E-state index contributed by atoms with van der Waals surface area (Å²) in [4.78, 5) is 8.59. The van der Waals surface area contributed by atoms with Crippen LogP contribution in [0.5, 0.6) is 0 Å². The molecule has 1 aromatic rings. The molecule has 0 aliphatic carbocycles. The molecule has 1 fully saturated rings. The van der Waals surface area contributed by atoms with Gasteiger partial charge in [-0.2, -0.15) is 13.2 Å². The Morgan fingerprint density at radius 3 is 2.43 bits per heavy atom. The van der Waals surface area contributed by atoms with E-state index < -0.39 is 11.7 Å². The molecular formula is C19H31F3IN5. The second kappa shape index (κ2) is 11.1. The number of hydrogen-bond acceptors (Lipinski definition) is 3. The summed E-state index contributed by atoms with van der Waals surface area (Å²) >= 11 is 0. The lowest BCUT2D eigenvalue weighted by molar-refractivity contribution is -0.137. The van der Waals surface area contributed by atoms with Gasteiger partial charge < -0.3 is 20.9 Å². The van der Waals surface area contributed by atoms with Crippen molar-refractivity contribution in [1.29, 1.82) is 0 Å². The number of halogens is 4. The van der Waals surface area contributed by atoms with Crippen molar-refractivity contribution in [2.24, 2.45) is 16.6 Å². The molecule has 0 atom stereocenters. The number of hydrogen-bond donors (Lipinski definition) is 2. The van der Waals surface area contributed by atoms with E-state index in [0.29, 0.717) is 18.0 Å². The van der Waals surface area contributed by atoms with Gasteiger partial charge in [-0.25, -0.2) is 4.99 Å². The van der Waals surface area contributed by atoms with Crippen LogP contribution in [0.4, 0.5) is 18.9 Å². The Hall–Kier alpha value is -1.23. The Kier molecular flexibility index (Phi) is 9.82. The third-order valence-electron chi connectivity index (χ3n) is 4.70.